The van der Waals surface area contributed by atoms with Crippen LogP contribution in [0.15, 0.2) is 42.9 Å². The number of amides is 2. The predicted molar refractivity (Wildman–Crippen MR) is 118 cm³/mol. The number of pyridine rings is 1. The molecule has 3 aromatic rings. The van der Waals surface area contributed by atoms with Crippen molar-refractivity contribution < 1.29 is 44.0 Å². The molecular weight excluding hydrogens is 608 g/mol. The van der Waals surface area contributed by atoms with Crippen molar-refractivity contribution in [2.45, 2.75) is 12.8 Å². The molecule has 3 rings (SSSR count). The normalized spacial score (nSPS) is 9.58. The first kappa shape index (κ1) is 27.6. The maximum atomic E-state index is 12.5. The SMILES string of the molecule is COC(=O)CCc1ccc(NC(=O)Nc2nccnc2C(=O)OC)c2ncccc12.C[NH-].[Ir]. The topological polar surface area (TPSA) is 156 Å². The Kier molecular flexibility index (Phi) is 11.6. The number of urea groups is 1. The summed E-state index contributed by atoms with van der Waals surface area (Å²) in [6, 6.07) is 6.51. The second-order valence-electron chi connectivity index (χ2n) is 6.07. The third-order valence-corrected chi connectivity index (χ3v) is 4.24. The van der Waals surface area contributed by atoms with Gasteiger partial charge in [0.15, 0.2) is 11.5 Å². The van der Waals surface area contributed by atoms with Gasteiger partial charge >= 0.3 is 18.0 Å². The number of anilines is 2. The molecule has 12 heteroatoms. The minimum Gasteiger partial charge on any atom is -0.680 e. The fourth-order valence-corrected chi connectivity index (χ4v) is 2.83. The average molecular weight is 632 g/mol. The summed E-state index contributed by atoms with van der Waals surface area (Å²) in [4.78, 5) is 47.9. The third-order valence-electron chi connectivity index (χ3n) is 4.24. The van der Waals surface area contributed by atoms with Gasteiger partial charge in [0.05, 0.1) is 25.4 Å². The van der Waals surface area contributed by atoms with Crippen LogP contribution in [0.5, 0.6) is 0 Å². The largest absolute Gasteiger partial charge is 0.680 e. The van der Waals surface area contributed by atoms with Crippen LogP contribution in [0, 0.1) is 0 Å². The number of nitrogens with zero attached hydrogens (tertiary/aromatic N) is 3. The van der Waals surface area contributed by atoms with E-state index in [1.54, 1.807) is 18.3 Å². The molecule has 0 saturated carbocycles. The molecule has 0 aliphatic rings. The average Bonchev–Trinajstić information content (AvgIpc) is 2.84. The number of ether oxygens (including phenoxy) is 2. The van der Waals surface area contributed by atoms with E-state index >= 15 is 0 Å². The van der Waals surface area contributed by atoms with Crippen LogP contribution in [0.1, 0.15) is 22.5 Å². The van der Waals surface area contributed by atoms with Gasteiger partial charge in [0.2, 0.25) is 0 Å². The van der Waals surface area contributed by atoms with Gasteiger partial charge in [-0.05, 0) is 24.1 Å². The van der Waals surface area contributed by atoms with Crippen LogP contribution < -0.4 is 10.6 Å². The van der Waals surface area contributed by atoms with Crippen LogP contribution in [-0.2, 0) is 40.8 Å². The molecule has 2 heterocycles. The Morgan fingerprint density at radius 1 is 0.939 bits per heavy atom. The number of benzene rings is 1. The predicted octanol–water partition coefficient (Wildman–Crippen LogP) is 3.23. The molecule has 0 aliphatic carbocycles. The molecule has 3 N–H and O–H groups in total. The molecule has 1 radical (unpaired) electrons. The monoisotopic (exact) mass is 632 g/mol. The minimum absolute atomic E-state index is 0. The number of esters is 2. The van der Waals surface area contributed by atoms with Crippen LogP contribution >= 0.6 is 0 Å². The Balaban J connectivity index is 0.00000177. The Labute approximate surface area is 203 Å². The van der Waals surface area contributed by atoms with E-state index < -0.39 is 12.0 Å². The Hall–Kier alpha value is -3.47. The molecule has 1 aromatic carbocycles. The molecular formula is C21H23IrN6O5-. The van der Waals surface area contributed by atoms with E-state index in [1.807, 2.05) is 12.1 Å². The van der Waals surface area contributed by atoms with Crippen molar-refractivity contribution in [2.75, 3.05) is 31.9 Å². The van der Waals surface area contributed by atoms with Crippen LogP contribution in [0.3, 0.4) is 0 Å². The van der Waals surface area contributed by atoms with Gasteiger partial charge in [-0.3, -0.25) is 15.1 Å². The van der Waals surface area contributed by atoms with E-state index in [0.29, 0.717) is 17.6 Å². The zero-order valence-corrected chi connectivity index (χ0v) is 20.6. The third kappa shape index (κ3) is 7.28. The fraction of sp³-hybridized carbons (Fsp3) is 0.238. The smallest absolute Gasteiger partial charge is 0.360 e. The Morgan fingerprint density at radius 2 is 1.67 bits per heavy atom. The van der Waals surface area contributed by atoms with Crippen molar-refractivity contribution in [3.63, 3.8) is 0 Å². The summed E-state index contributed by atoms with van der Waals surface area (Å²) in [5.74, 6) is -1.06. The van der Waals surface area contributed by atoms with Gasteiger partial charge < -0.3 is 20.5 Å². The summed E-state index contributed by atoms with van der Waals surface area (Å²) < 4.78 is 9.33. The van der Waals surface area contributed by atoms with Gasteiger partial charge in [0.25, 0.3) is 0 Å². The molecule has 2 aromatic heterocycles. The molecule has 0 spiro atoms. The van der Waals surface area contributed by atoms with E-state index in [4.69, 9.17) is 5.73 Å². The van der Waals surface area contributed by atoms with Gasteiger partial charge in [0, 0.05) is 50.5 Å². The van der Waals surface area contributed by atoms with Crippen molar-refractivity contribution in [1.82, 2.24) is 15.0 Å². The van der Waals surface area contributed by atoms with Crippen LogP contribution in [0.2, 0.25) is 0 Å². The van der Waals surface area contributed by atoms with Gasteiger partial charge in [-0.2, -0.15) is 7.05 Å². The summed E-state index contributed by atoms with van der Waals surface area (Å²) in [5.41, 5.74) is 7.54. The van der Waals surface area contributed by atoms with Crippen LogP contribution in [-0.4, -0.2) is 54.2 Å². The summed E-state index contributed by atoms with van der Waals surface area (Å²) in [6.45, 7) is 0. The van der Waals surface area contributed by atoms with E-state index in [9.17, 15) is 14.4 Å². The molecule has 0 saturated heterocycles. The van der Waals surface area contributed by atoms with E-state index in [2.05, 4.69) is 35.1 Å². The number of fused-ring (bicyclic) bond motifs is 1. The Bertz CT molecular complexity index is 1110. The molecule has 11 nitrogen and oxygen atoms in total. The molecule has 0 bridgehead atoms. The molecule has 0 fully saturated rings. The maximum Gasteiger partial charge on any atom is 0.360 e. The number of aryl methyl sites for hydroxylation is 1. The first-order chi connectivity index (χ1) is 15.5. The zero-order valence-electron chi connectivity index (χ0n) is 18.2. The maximum absolute atomic E-state index is 12.5. The molecule has 0 atom stereocenters. The van der Waals surface area contributed by atoms with Gasteiger partial charge in [-0.25, -0.2) is 19.6 Å². The number of rotatable bonds is 6. The Morgan fingerprint density at radius 3 is 2.36 bits per heavy atom. The van der Waals surface area contributed by atoms with E-state index in [1.165, 1.54) is 33.7 Å². The molecule has 2 amide bonds. The number of hydrogen-bond donors (Lipinski definition) is 2. The number of hydrogen-bond acceptors (Lipinski definition) is 8. The fourth-order valence-electron chi connectivity index (χ4n) is 2.83. The van der Waals surface area contributed by atoms with Gasteiger partial charge in [-0.1, -0.05) is 12.1 Å². The first-order valence-electron chi connectivity index (χ1n) is 9.44. The van der Waals surface area contributed by atoms with Gasteiger partial charge in [0.1, 0.15) is 0 Å². The quantitative estimate of drug-likeness (QED) is 0.393. The minimum atomic E-state index is -0.722. The van der Waals surface area contributed by atoms with E-state index in [0.717, 1.165) is 10.9 Å². The number of carbonyl (C=O) groups excluding carboxylic acids is 3. The number of carbonyl (C=O) groups is 3. The summed E-state index contributed by atoms with van der Waals surface area (Å²) >= 11 is 0. The van der Waals surface area contributed by atoms with Crippen molar-refractivity contribution >= 4 is 40.4 Å². The van der Waals surface area contributed by atoms with Crippen LogP contribution in [0.4, 0.5) is 16.3 Å². The molecule has 33 heavy (non-hydrogen) atoms. The second kappa shape index (κ2) is 13.8. The second-order valence-corrected chi connectivity index (χ2v) is 6.07. The standard InChI is InChI=1S/C20H19N5O5.CH4N.Ir/c1-29-15(26)8-6-12-5-7-14(16-13(12)4-3-9-21-16)24-20(28)25-18-17(19(27)30-2)22-10-11-23-18;1-2;/h3-5,7,9-11H,6,8H2,1-2H3,(H2,23,24,25,28);2H,1H3;/q;-1;. The summed E-state index contributed by atoms with van der Waals surface area (Å²) in [5, 5.41) is 5.98. The van der Waals surface area contributed by atoms with Crippen molar-refractivity contribution in [3.8, 4) is 0 Å². The molecule has 177 valence electrons. The molecule has 0 unspecified atom stereocenters. The summed E-state index contributed by atoms with van der Waals surface area (Å²) in [7, 11) is 3.80. The van der Waals surface area contributed by atoms with E-state index in [-0.39, 0.29) is 44.0 Å². The number of methoxy groups -OCH3 is 2. The zero-order chi connectivity index (χ0) is 23.5. The van der Waals surface area contributed by atoms with Crippen molar-refractivity contribution in [3.05, 3.63) is 59.8 Å². The van der Waals surface area contributed by atoms with Gasteiger partial charge in [-0.15, -0.1) is 0 Å². The summed E-state index contributed by atoms with van der Waals surface area (Å²) in [6.07, 6.45) is 4.97. The van der Waals surface area contributed by atoms with Crippen molar-refractivity contribution in [1.29, 1.82) is 0 Å². The van der Waals surface area contributed by atoms with Crippen LogP contribution in [0.25, 0.3) is 16.6 Å². The number of nitrogens with one attached hydrogen (secondary N) is 3. The molecule has 0 aliphatic heterocycles. The number of aromatic nitrogens is 3. The van der Waals surface area contributed by atoms with Crippen molar-refractivity contribution in [2.24, 2.45) is 0 Å². The first-order valence-corrected chi connectivity index (χ1v) is 9.44.